The molecule has 1 aromatic carbocycles. The fourth-order valence-electron chi connectivity index (χ4n) is 1.56. The highest BCUT2D eigenvalue weighted by Crippen LogP contribution is 2.34. The van der Waals surface area contributed by atoms with Gasteiger partial charge in [-0.15, -0.1) is 0 Å². The van der Waals surface area contributed by atoms with E-state index in [1.54, 1.807) is 19.9 Å². The first-order valence-electron chi connectivity index (χ1n) is 5.53. The van der Waals surface area contributed by atoms with Crippen LogP contribution >= 0.6 is 0 Å². The number of esters is 1. The van der Waals surface area contributed by atoms with Gasteiger partial charge < -0.3 is 19.5 Å². The molecule has 1 atom stereocenters. The summed E-state index contributed by atoms with van der Waals surface area (Å²) < 4.78 is 15.4. The lowest BCUT2D eigenvalue weighted by Crippen LogP contribution is -2.28. The number of carbonyl (C=O) groups is 1. The predicted molar refractivity (Wildman–Crippen MR) is 62.3 cm³/mol. The summed E-state index contributed by atoms with van der Waals surface area (Å²) in [5.41, 5.74) is 0.801. The third kappa shape index (κ3) is 2.61. The summed E-state index contributed by atoms with van der Waals surface area (Å²) in [5.74, 6) is 1.13. The Kier molecular flexibility index (Phi) is 3.37. The number of fused-ring (bicyclic) bond motifs is 1. The topological polar surface area (TPSA) is 56.8 Å². The lowest BCUT2D eigenvalue weighted by molar-refractivity contribution is -0.143. The second-order valence-corrected chi connectivity index (χ2v) is 3.69. The van der Waals surface area contributed by atoms with Crippen molar-refractivity contribution in [3.8, 4) is 11.5 Å². The first-order valence-corrected chi connectivity index (χ1v) is 5.53. The number of anilines is 1. The Balaban J connectivity index is 2.01. The molecule has 0 saturated heterocycles. The van der Waals surface area contributed by atoms with E-state index in [-0.39, 0.29) is 12.8 Å². The van der Waals surface area contributed by atoms with E-state index in [1.807, 2.05) is 12.1 Å². The number of hydrogen-bond donors (Lipinski definition) is 1. The van der Waals surface area contributed by atoms with Crippen LogP contribution in [0.5, 0.6) is 11.5 Å². The molecule has 0 radical (unpaired) electrons. The van der Waals surface area contributed by atoms with Crippen molar-refractivity contribution >= 4 is 11.7 Å². The Morgan fingerprint density at radius 3 is 3.00 bits per heavy atom. The fourth-order valence-corrected chi connectivity index (χ4v) is 1.56. The van der Waals surface area contributed by atoms with Gasteiger partial charge in [-0.1, -0.05) is 0 Å². The molecule has 2 rings (SSSR count). The third-order valence-corrected chi connectivity index (χ3v) is 2.40. The van der Waals surface area contributed by atoms with Gasteiger partial charge in [0.15, 0.2) is 11.5 Å². The van der Waals surface area contributed by atoms with Crippen LogP contribution in [-0.4, -0.2) is 25.4 Å². The van der Waals surface area contributed by atoms with Gasteiger partial charge in [0.2, 0.25) is 6.79 Å². The standard InChI is InChI=1S/C12H15NO4/c1-3-15-12(14)8(2)13-9-4-5-10-11(6-9)17-7-16-10/h4-6,8,13H,3,7H2,1-2H3. The monoisotopic (exact) mass is 237 g/mol. The van der Waals surface area contributed by atoms with Gasteiger partial charge in [0.05, 0.1) is 6.61 Å². The number of hydrogen-bond acceptors (Lipinski definition) is 5. The second-order valence-electron chi connectivity index (χ2n) is 3.69. The average Bonchev–Trinajstić information content (AvgIpc) is 2.76. The van der Waals surface area contributed by atoms with Crippen LogP contribution in [0.2, 0.25) is 0 Å². The maximum Gasteiger partial charge on any atom is 0.328 e. The summed E-state index contributed by atoms with van der Waals surface area (Å²) in [7, 11) is 0. The summed E-state index contributed by atoms with van der Waals surface area (Å²) in [6.07, 6.45) is 0. The van der Waals surface area contributed by atoms with E-state index in [1.165, 1.54) is 0 Å². The van der Waals surface area contributed by atoms with Gasteiger partial charge in [-0.3, -0.25) is 0 Å². The van der Waals surface area contributed by atoms with Crippen molar-refractivity contribution in [2.45, 2.75) is 19.9 Å². The van der Waals surface area contributed by atoms with Gasteiger partial charge in [-0.2, -0.15) is 0 Å². The van der Waals surface area contributed by atoms with Crippen LogP contribution in [0.1, 0.15) is 13.8 Å². The molecule has 5 nitrogen and oxygen atoms in total. The minimum absolute atomic E-state index is 0.242. The van der Waals surface area contributed by atoms with Crippen LogP contribution in [-0.2, 0) is 9.53 Å². The molecule has 1 heterocycles. The predicted octanol–water partition coefficient (Wildman–Crippen LogP) is 1.78. The molecule has 0 spiro atoms. The molecule has 1 N–H and O–H groups in total. The van der Waals surface area contributed by atoms with Gasteiger partial charge in [0.25, 0.3) is 0 Å². The van der Waals surface area contributed by atoms with Gasteiger partial charge in [-0.25, -0.2) is 4.79 Å². The molecule has 1 aromatic rings. The SMILES string of the molecule is CCOC(=O)C(C)Nc1ccc2c(c1)OCO2. The first kappa shape index (κ1) is 11.6. The highest BCUT2D eigenvalue weighted by atomic mass is 16.7. The smallest absolute Gasteiger partial charge is 0.328 e. The van der Waals surface area contributed by atoms with E-state index >= 15 is 0 Å². The van der Waals surface area contributed by atoms with E-state index in [2.05, 4.69) is 5.32 Å². The molecule has 0 amide bonds. The van der Waals surface area contributed by atoms with Crippen molar-refractivity contribution in [3.05, 3.63) is 18.2 Å². The summed E-state index contributed by atoms with van der Waals surface area (Å²) in [5, 5.41) is 3.05. The number of ether oxygens (including phenoxy) is 3. The summed E-state index contributed by atoms with van der Waals surface area (Å²) in [6, 6.07) is 5.06. The molecule has 5 heteroatoms. The second kappa shape index (κ2) is 4.95. The molecule has 0 bridgehead atoms. The molecule has 0 aliphatic carbocycles. The van der Waals surface area contributed by atoms with Gasteiger partial charge in [0, 0.05) is 11.8 Å². The largest absolute Gasteiger partial charge is 0.464 e. The minimum atomic E-state index is -0.393. The first-order chi connectivity index (χ1) is 8.20. The molecule has 0 fully saturated rings. The van der Waals surface area contributed by atoms with Crippen LogP contribution in [0.25, 0.3) is 0 Å². The molecular formula is C12H15NO4. The van der Waals surface area contributed by atoms with Gasteiger partial charge in [-0.05, 0) is 26.0 Å². The molecular weight excluding hydrogens is 222 g/mol. The van der Waals surface area contributed by atoms with E-state index in [0.29, 0.717) is 12.4 Å². The molecule has 0 aromatic heterocycles. The Labute approximate surface area is 99.7 Å². The van der Waals surface area contributed by atoms with Gasteiger partial charge in [0.1, 0.15) is 6.04 Å². The minimum Gasteiger partial charge on any atom is -0.464 e. The van der Waals surface area contributed by atoms with Crippen molar-refractivity contribution in [3.63, 3.8) is 0 Å². The molecule has 0 saturated carbocycles. The van der Waals surface area contributed by atoms with E-state index in [9.17, 15) is 4.79 Å². The van der Waals surface area contributed by atoms with Crippen molar-refractivity contribution < 1.29 is 19.0 Å². The van der Waals surface area contributed by atoms with Gasteiger partial charge >= 0.3 is 5.97 Å². The van der Waals surface area contributed by atoms with Crippen LogP contribution in [0.15, 0.2) is 18.2 Å². The summed E-state index contributed by atoms with van der Waals surface area (Å²) in [6.45, 7) is 4.16. The van der Waals surface area contributed by atoms with Crippen molar-refractivity contribution in [1.82, 2.24) is 0 Å². The van der Waals surface area contributed by atoms with Crippen LogP contribution < -0.4 is 14.8 Å². The molecule has 17 heavy (non-hydrogen) atoms. The van der Waals surface area contributed by atoms with E-state index in [0.717, 1.165) is 11.4 Å². The zero-order chi connectivity index (χ0) is 12.3. The van der Waals surface area contributed by atoms with E-state index < -0.39 is 6.04 Å². The third-order valence-electron chi connectivity index (χ3n) is 2.40. The Hall–Kier alpha value is -1.91. The molecule has 1 aliphatic heterocycles. The number of benzene rings is 1. The Morgan fingerprint density at radius 1 is 1.47 bits per heavy atom. The Morgan fingerprint density at radius 2 is 2.24 bits per heavy atom. The van der Waals surface area contributed by atoms with Crippen LogP contribution in [0.4, 0.5) is 5.69 Å². The molecule has 92 valence electrons. The van der Waals surface area contributed by atoms with E-state index in [4.69, 9.17) is 14.2 Å². The highest BCUT2D eigenvalue weighted by molar-refractivity contribution is 5.79. The van der Waals surface area contributed by atoms with Crippen LogP contribution in [0.3, 0.4) is 0 Å². The molecule has 1 unspecified atom stereocenters. The lowest BCUT2D eigenvalue weighted by atomic mass is 10.2. The number of rotatable bonds is 4. The normalized spacial score (nSPS) is 14.2. The number of carbonyl (C=O) groups excluding carboxylic acids is 1. The zero-order valence-electron chi connectivity index (χ0n) is 9.86. The zero-order valence-corrected chi connectivity index (χ0v) is 9.86. The molecule has 1 aliphatic rings. The van der Waals surface area contributed by atoms with Crippen molar-refractivity contribution in [2.75, 3.05) is 18.7 Å². The maximum atomic E-state index is 11.4. The number of nitrogens with one attached hydrogen (secondary N) is 1. The summed E-state index contributed by atoms with van der Waals surface area (Å²) >= 11 is 0. The lowest BCUT2D eigenvalue weighted by Gasteiger charge is -2.14. The van der Waals surface area contributed by atoms with Crippen molar-refractivity contribution in [2.24, 2.45) is 0 Å². The quantitative estimate of drug-likeness (QED) is 0.809. The summed E-state index contributed by atoms with van der Waals surface area (Å²) in [4.78, 5) is 11.4. The maximum absolute atomic E-state index is 11.4. The Bertz CT molecular complexity index is 419. The van der Waals surface area contributed by atoms with Crippen molar-refractivity contribution in [1.29, 1.82) is 0 Å². The average molecular weight is 237 g/mol. The van der Waals surface area contributed by atoms with Crippen LogP contribution in [0, 0.1) is 0 Å². The highest BCUT2D eigenvalue weighted by Gasteiger charge is 2.16. The fraction of sp³-hybridized carbons (Fsp3) is 0.417.